The highest BCUT2D eigenvalue weighted by Gasteiger charge is 2.33. The molecule has 3 N–H and O–H groups in total. The number of piperidine rings is 1. The van der Waals surface area contributed by atoms with Crippen LogP contribution in [0.25, 0.3) is 11.3 Å². The third-order valence-corrected chi connectivity index (χ3v) is 6.11. The van der Waals surface area contributed by atoms with Gasteiger partial charge in [0.05, 0.1) is 18.4 Å². The minimum atomic E-state index is -0.484. The molecule has 7 heteroatoms. The Labute approximate surface area is 173 Å². The molecule has 1 amide bonds. The monoisotopic (exact) mass is 406 g/mol. The van der Waals surface area contributed by atoms with Gasteiger partial charge in [0.15, 0.2) is 0 Å². The third kappa shape index (κ3) is 3.25. The number of hydrogen-bond acceptors (Lipinski definition) is 4. The van der Waals surface area contributed by atoms with Crippen LogP contribution in [0, 0.1) is 5.82 Å². The third-order valence-electron chi connectivity index (χ3n) is 6.11. The number of amides is 1. The van der Waals surface area contributed by atoms with E-state index in [4.69, 9.17) is 10.5 Å². The first-order chi connectivity index (χ1) is 14.6. The number of nitrogens with zero attached hydrogens (tertiary/aromatic N) is 2. The summed E-state index contributed by atoms with van der Waals surface area (Å²) in [5, 5.41) is 8.12. The molecule has 1 saturated heterocycles. The summed E-state index contributed by atoms with van der Waals surface area (Å²) in [4.78, 5) is 11.6. The van der Waals surface area contributed by atoms with Crippen LogP contribution in [-0.2, 0) is 6.54 Å². The van der Waals surface area contributed by atoms with Crippen LogP contribution < -0.4 is 15.8 Å². The van der Waals surface area contributed by atoms with Crippen LogP contribution in [0.15, 0.2) is 48.7 Å². The van der Waals surface area contributed by atoms with E-state index in [1.54, 1.807) is 24.3 Å². The van der Waals surface area contributed by atoms with Gasteiger partial charge in [-0.1, -0.05) is 12.1 Å². The Kier molecular flexibility index (Phi) is 4.75. The minimum Gasteiger partial charge on any atom is -0.491 e. The van der Waals surface area contributed by atoms with Gasteiger partial charge >= 0.3 is 0 Å². The summed E-state index contributed by atoms with van der Waals surface area (Å²) in [5.41, 5.74) is 9.88. The molecular formula is C23H23FN4O2. The summed E-state index contributed by atoms with van der Waals surface area (Å²) in [6.07, 6.45) is 2.85. The SMILES string of the molecule is NC(=O)c1ccc2c(c1)OCCn1ncc([C@H]3CNCC[C@@H]3c3cccc(F)c3)c1-2. The number of nitrogens with two attached hydrogens (primary N) is 1. The average Bonchev–Trinajstić information content (AvgIpc) is 3.08. The number of carbonyl (C=O) groups excluding carboxylic acids is 1. The number of fused-ring (bicyclic) bond motifs is 3. The van der Waals surface area contributed by atoms with Crippen molar-refractivity contribution < 1.29 is 13.9 Å². The van der Waals surface area contributed by atoms with E-state index in [-0.39, 0.29) is 17.7 Å². The lowest BCUT2D eigenvalue weighted by Crippen LogP contribution is -2.34. The molecule has 3 aromatic rings. The van der Waals surface area contributed by atoms with Crippen molar-refractivity contribution in [2.75, 3.05) is 19.7 Å². The van der Waals surface area contributed by atoms with Gasteiger partial charge in [-0.25, -0.2) is 4.39 Å². The van der Waals surface area contributed by atoms with Crippen molar-refractivity contribution in [3.63, 3.8) is 0 Å². The first-order valence-electron chi connectivity index (χ1n) is 10.2. The van der Waals surface area contributed by atoms with Crippen LogP contribution in [0.2, 0.25) is 0 Å². The minimum absolute atomic E-state index is 0.145. The quantitative estimate of drug-likeness (QED) is 0.701. The number of carbonyl (C=O) groups is 1. The van der Waals surface area contributed by atoms with Crippen molar-refractivity contribution >= 4 is 5.91 Å². The number of rotatable bonds is 3. The van der Waals surface area contributed by atoms with E-state index >= 15 is 0 Å². The summed E-state index contributed by atoms with van der Waals surface area (Å²) in [5.74, 6) is 0.274. The van der Waals surface area contributed by atoms with Gasteiger partial charge in [0.25, 0.3) is 0 Å². The van der Waals surface area contributed by atoms with Gasteiger partial charge in [0, 0.05) is 29.2 Å². The smallest absolute Gasteiger partial charge is 0.248 e. The molecule has 2 aromatic carbocycles. The van der Waals surface area contributed by atoms with E-state index in [2.05, 4.69) is 10.4 Å². The normalized spacial score (nSPS) is 20.6. The molecule has 2 aliphatic rings. The van der Waals surface area contributed by atoms with Gasteiger partial charge in [0.2, 0.25) is 5.91 Å². The molecular weight excluding hydrogens is 383 g/mol. The molecule has 0 spiro atoms. The van der Waals surface area contributed by atoms with E-state index in [1.807, 2.05) is 23.0 Å². The summed E-state index contributed by atoms with van der Waals surface area (Å²) in [6.45, 7) is 2.75. The predicted octanol–water partition coefficient (Wildman–Crippen LogP) is 3.04. The largest absolute Gasteiger partial charge is 0.491 e. The molecule has 1 fully saturated rings. The molecule has 1 aromatic heterocycles. The number of halogens is 1. The fourth-order valence-electron chi connectivity index (χ4n) is 4.69. The highest BCUT2D eigenvalue weighted by molar-refractivity contribution is 5.94. The zero-order chi connectivity index (χ0) is 20.7. The molecule has 154 valence electrons. The van der Waals surface area contributed by atoms with E-state index < -0.39 is 5.91 Å². The van der Waals surface area contributed by atoms with Crippen LogP contribution in [-0.4, -0.2) is 35.4 Å². The Morgan fingerprint density at radius 3 is 2.97 bits per heavy atom. The molecule has 0 aliphatic carbocycles. The van der Waals surface area contributed by atoms with Gasteiger partial charge in [-0.2, -0.15) is 5.10 Å². The Hall–Kier alpha value is -3.19. The van der Waals surface area contributed by atoms with Gasteiger partial charge in [-0.3, -0.25) is 9.48 Å². The molecule has 2 aliphatic heterocycles. The number of primary amides is 1. The highest BCUT2D eigenvalue weighted by Crippen LogP contribution is 2.44. The zero-order valence-corrected chi connectivity index (χ0v) is 16.5. The van der Waals surface area contributed by atoms with Crippen LogP contribution in [0.1, 0.15) is 39.7 Å². The second-order valence-corrected chi connectivity index (χ2v) is 7.86. The molecule has 3 heterocycles. The first kappa shape index (κ1) is 18.8. The fraction of sp³-hybridized carbons (Fsp3) is 0.304. The Balaban J connectivity index is 1.61. The maximum atomic E-state index is 13.9. The summed E-state index contributed by atoms with van der Waals surface area (Å²) < 4.78 is 21.8. The fourth-order valence-corrected chi connectivity index (χ4v) is 4.69. The molecule has 30 heavy (non-hydrogen) atoms. The molecule has 0 radical (unpaired) electrons. The summed E-state index contributed by atoms with van der Waals surface area (Å²) >= 11 is 0. The molecule has 5 rings (SSSR count). The van der Waals surface area contributed by atoms with Crippen LogP contribution in [0.4, 0.5) is 4.39 Å². The Morgan fingerprint density at radius 1 is 1.23 bits per heavy atom. The molecule has 0 bridgehead atoms. The lowest BCUT2D eigenvalue weighted by atomic mass is 9.77. The van der Waals surface area contributed by atoms with Crippen LogP contribution in [0.3, 0.4) is 0 Å². The number of hydrogen-bond donors (Lipinski definition) is 2. The van der Waals surface area contributed by atoms with Gasteiger partial charge < -0.3 is 15.8 Å². The molecule has 6 nitrogen and oxygen atoms in total. The topological polar surface area (TPSA) is 82.2 Å². The lowest BCUT2D eigenvalue weighted by Gasteiger charge is -2.33. The van der Waals surface area contributed by atoms with Gasteiger partial charge in [-0.15, -0.1) is 0 Å². The maximum absolute atomic E-state index is 13.9. The van der Waals surface area contributed by atoms with Crippen molar-refractivity contribution in [3.8, 4) is 17.0 Å². The number of ether oxygens (including phenoxy) is 1. The zero-order valence-electron chi connectivity index (χ0n) is 16.5. The van der Waals surface area contributed by atoms with Gasteiger partial charge in [-0.05, 0) is 54.8 Å². The second-order valence-electron chi connectivity index (χ2n) is 7.86. The van der Waals surface area contributed by atoms with Crippen molar-refractivity contribution in [2.24, 2.45) is 5.73 Å². The van der Waals surface area contributed by atoms with Crippen molar-refractivity contribution in [1.82, 2.24) is 15.1 Å². The van der Waals surface area contributed by atoms with E-state index in [9.17, 15) is 9.18 Å². The van der Waals surface area contributed by atoms with Crippen LogP contribution >= 0.6 is 0 Å². The van der Waals surface area contributed by atoms with Crippen molar-refractivity contribution in [1.29, 1.82) is 0 Å². The van der Waals surface area contributed by atoms with Crippen molar-refractivity contribution in [2.45, 2.75) is 24.8 Å². The van der Waals surface area contributed by atoms with E-state index in [1.165, 1.54) is 6.07 Å². The van der Waals surface area contributed by atoms with E-state index in [0.717, 1.165) is 41.9 Å². The summed E-state index contributed by atoms with van der Waals surface area (Å²) in [6, 6.07) is 12.2. The Bertz CT molecular complexity index is 1110. The van der Waals surface area contributed by atoms with E-state index in [0.29, 0.717) is 24.5 Å². The average molecular weight is 406 g/mol. The second kappa shape index (κ2) is 7.57. The highest BCUT2D eigenvalue weighted by atomic mass is 19.1. The lowest BCUT2D eigenvalue weighted by molar-refractivity contribution is 0.1000. The molecule has 0 saturated carbocycles. The van der Waals surface area contributed by atoms with Gasteiger partial charge in [0.1, 0.15) is 18.2 Å². The first-order valence-corrected chi connectivity index (χ1v) is 10.2. The number of nitrogens with one attached hydrogen (secondary N) is 1. The van der Waals surface area contributed by atoms with Crippen LogP contribution in [0.5, 0.6) is 5.75 Å². The standard InChI is InChI=1S/C23H23FN4O2/c24-16-3-1-2-14(10-16)17-6-7-26-12-19(17)20-13-27-28-8-9-30-21-11-15(23(25)29)4-5-18(21)22(20)28/h1-5,10-11,13,17,19,26H,6-9,12H2,(H2,25,29)/t17-,19+/m1/s1. The summed E-state index contributed by atoms with van der Waals surface area (Å²) in [7, 11) is 0. The number of benzene rings is 2. The number of aromatic nitrogens is 2. The molecule has 2 atom stereocenters. The predicted molar refractivity (Wildman–Crippen MR) is 111 cm³/mol. The van der Waals surface area contributed by atoms with Crippen molar-refractivity contribution in [3.05, 3.63) is 71.2 Å². The Morgan fingerprint density at radius 2 is 2.13 bits per heavy atom. The molecule has 0 unspecified atom stereocenters. The maximum Gasteiger partial charge on any atom is 0.248 e.